The summed E-state index contributed by atoms with van der Waals surface area (Å²) in [5, 5.41) is 10.4. The van der Waals surface area contributed by atoms with Crippen molar-refractivity contribution < 1.29 is 13.3 Å². The molecule has 1 aromatic carbocycles. The molecular formula is C14H22N2O4S. The van der Waals surface area contributed by atoms with E-state index in [4.69, 9.17) is 0 Å². The van der Waals surface area contributed by atoms with Gasteiger partial charge in [-0.1, -0.05) is 12.1 Å². The molecule has 21 heavy (non-hydrogen) atoms. The third-order valence-corrected chi connectivity index (χ3v) is 5.83. The molecule has 0 saturated heterocycles. The van der Waals surface area contributed by atoms with Crippen molar-refractivity contribution in [3.05, 3.63) is 39.4 Å². The summed E-state index contributed by atoms with van der Waals surface area (Å²) in [6.45, 7) is 5.70. The van der Waals surface area contributed by atoms with Crippen LogP contribution in [0.25, 0.3) is 0 Å². The van der Waals surface area contributed by atoms with Crippen molar-refractivity contribution in [1.29, 1.82) is 0 Å². The number of hydrogen-bond acceptors (Lipinski definition) is 5. The summed E-state index contributed by atoms with van der Waals surface area (Å²) in [6, 6.07) is 4.77. The van der Waals surface area contributed by atoms with E-state index in [2.05, 4.69) is 0 Å². The van der Waals surface area contributed by atoms with Gasteiger partial charge >= 0.3 is 0 Å². The summed E-state index contributed by atoms with van der Waals surface area (Å²) in [5.74, 6) is 0. The summed E-state index contributed by atoms with van der Waals surface area (Å²) < 4.78 is 23.2. The van der Waals surface area contributed by atoms with Gasteiger partial charge in [-0.05, 0) is 33.4 Å². The third-order valence-electron chi connectivity index (χ3n) is 4.08. The molecule has 0 N–H and O–H groups in total. The Balaban J connectivity index is 2.96. The molecule has 0 heterocycles. The summed E-state index contributed by atoms with van der Waals surface area (Å²) in [4.78, 5) is 12.4. The van der Waals surface area contributed by atoms with Crippen molar-refractivity contribution in [2.45, 2.75) is 38.6 Å². The van der Waals surface area contributed by atoms with Crippen LogP contribution in [-0.4, -0.2) is 42.8 Å². The first-order valence-corrected chi connectivity index (χ1v) is 8.63. The molecule has 0 spiro atoms. The van der Waals surface area contributed by atoms with Crippen molar-refractivity contribution in [3.63, 3.8) is 0 Å². The first kappa shape index (κ1) is 17.6. The Bertz CT molecular complexity index is 628. The molecule has 0 saturated carbocycles. The highest BCUT2D eigenvalue weighted by molar-refractivity contribution is 7.91. The quantitative estimate of drug-likeness (QED) is 0.593. The van der Waals surface area contributed by atoms with Gasteiger partial charge in [-0.25, -0.2) is 8.42 Å². The van der Waals surface area contributed by atoms with Crippen LogP contribution in [0.3, 0.4) is 0 Å². The Morgan fingerprint density at radius 3 is 2.38 bits per heavy atom. The molecule has 0 aromatic heterocycles. The Labute approximate surface area is 125 Å². The van der Waals surface area contributed by atoms with E-state index < -0.39 is 20.0 Å². The Hall–Kier alpha value is -1.47. The van der Waals surface area contributed by atoms with E-state index in [0.717, 1.165) is 5.56 Å². The monoisotopic (exact) mass is 314 g/mol. The van der Waals surface area contributed by atoms with Crippen molar-refractivity contribution in [2.75, 3.05) is 13.3 Å². The molecule has 0 aliphatic rings. The smallest absolute Gasteiger partial charge is 0.272 e. The van der Waals surface area contributed by atoms with Gasteiger partial charge in [0.2, 0.25) is 0 Å². The van der Waals surface area contributed by atoms with Crippen LogP contribution in [0.2, 0.25) is 0 Å². The Morgan fingerprint density at radius 2 is 1.90 bits per heavy atom. The number of rotatable bonds is 6. The Kier molecular flexibility index (Phi) is 5.47. The van der Waals surface area contributed by atoms with Gasteiger partial charge in [-0.15, -0.1) is 0 Å². The molecule has 0 fully saturated rings. The van der Waals surface area contributed by atoms with E-state index in [1.165, 1.54) is 12.3 Å². The second-order valence-corrected chi connectivity index (χ2v) is 7.91. The lowest BCUT2D eigenvalue weighted by Crippen LogP contribution is -2.41. The highest BCUT2D eigenvalue weighted by Crippen LogP contribution is 2.23. The average Bonchev–Trinajstić information content (AvgIpc) is 2.37. The lowest BCUT2D eigenvalue weighted by Gasteiger charge is -2.29. The minimum Gasteiger partial charge on any atom is -0.298 e. The maximum Gasteiger partial charge on any atom is 0.272 e. The van der Waals surface area contributed by atoms with Crippen LogP contribution in [0.4, 0.5) is 5.69 Å². The minimum absolute atomic E-state index is 0.0877. The molecule has 6 nitrogen and oxygen atoms in total. The molecule has 0 radical (unpaired) electrons. The normalized spacial score (nSPS) is 15.0. The number of sulfone groups is 1. The zero-order valence-corrected chi connectivity index (χ0v) is 13.8. The average molecular weight is 314 g/mol. The van der Waals surface area contributed by atoms with Crippen LogP contribution < -0.4 is 0 Å². The molecule has 0 bridgehead atoms. The number of nitrogens with zero attached hydrogens (tertiary/aromatic N) is 2. The van der Waals surface area contributed by atoms with Crippen LogP contribution >= 0.6 is 0 Å². The van der Waals surface area contributed by atoms with Crippen LogP contribution in [0.5, 0.6) is 0 Å². The SMILES string of the molecule is Cc1c(CN(C)[C@@H](C)[C@@H](C)S(C)(=O)=O)cccc1[N+](=O)[O-]. The molecular weight excluding hydrogens is 292 g/mol. The molecule has 0 amide bonds. The van der Waals surface area contributed by atoms with E-state index in [9.17, 15) is 18.5 Å². The summed E-state index contributed by atoms with van der Waals surface area (Å²) >= 11 is 0. The molecule has 1 aromatic rings. The largest absolute Gasteiger partial charge is 0.298 e. The maximum atomic E-state index is 11.6. The Morgan fingerprint density at radius 1 is 1.33 bits per heavy atom. The van der Waals surface area contributed by atoms with Crippen molar-refractivity contribution in [3.8, 4) is 0 Å². The molecule has 0 aliphatic heterocycles. The second-order valence-electron chi connectivity index (χ2n) is 5.51. The van der Waals surface area contributed by atoms with Crippen LogP contribution in [0.15, 0.2) is 18.2 Å². The topological polar surface area (TPSA) is 80.5 Å². The first-order valence-electron chi connectivity index (χ1n) is 6.67. The zero-order chi connectivity index (χ0) is 16.4. The number of nitro benzene ring substituents is 1. The summed E-state index contributed by atoms with van der Waals surface area (Å²) in [5.41, 5.74) is 1.54. The zero-order valence-electron chi connectivity index (χ0n) is 13.0. The van der Waals surface area contributed by atoms with E-state index in [0.29, 0.717) is 12.1 Å². The van der Waals surface area contributed by atoms with Gasteiger partial charge < -0.3 is 0 Å². The van der Waals surface area contributed by atoms with Crippen LogP contribution in [0, 0.1) is 17.0 Å². The van der Waals surface area contributed by atoms with Gasteiger partial charge in [-0.2, -0.15) is 0 Å². The van der Waals surface area contributed by atoms with E-state index in [1.807, 2.05) is 24.9 Å². The predicted octanol–water partition coefficient (Wildman–Crippen LogP) is 2.16. The van der Waals surface area contributed by atoms with Crippen molar-refractivity contribution in [1.82, 2.24) is 4.90 Å². The molecule has 2 atom stereocenters. The number of nitro groups is 1. The molecule has 0 aliphatic carbocycles. The maximum absolute atomic E-state index is 11.6. The van der Waals surface area contributed by atoms with Gasteiger partial charge in [0.15, 0.2) is 9.84 Å². The van der Waals surface area contributed by atoms with Crippen molar-refractivity contribution in [2.24, 2.45) is 0 Å². The third kappa shape index (κ3) is 4.25. The number of benzene rings is 1. The van der Waals surface area contributed by atoms with E-state index >= 15 is 0 Å². The fraction of sp³-hybridized carbons (Fsp3) is 0.571. The summed E-state index contributed by atoms with van der Waals surface area (Å²) in [6.07, 6.45) is 1.22. The first-order chi connectivity index (χ1) is 9.55. The molecule has 1 rings (SSSR count). The second kappa shape index (κ2) is 6.53. The lowest BCUT2D eigenvalue weighted by molar-refractivity contribution is -0.385. The predicted molar refractivity (Wildman–Crippen MR) is 83.1 cm³/mol. The van der Waals surface area contributed by atoms with Gasteiger partial charge in [0.05, 0.1) is 10.2 Å². The minimum atomic E-state index is -3.12. The fourth-order valence-corrected chi connectivity index (χ4v) is 3.09. The van der Waals surface area contributed by atoms with Crippen LogP contribution in [-0.2, 0) is 16.4 Å². The van der Waals surface area contributed by atoms with E-state index in [1.54, 1.807) is 19.9 Å². The molecule has 7 heteroatoms. The molecule has 0 unspecified atom stereocenters. The van der Waals surface area contributed by atoms with E-state index in [-0.39, 0.29) is 11.7 Å². The highest BCUT2D eigenvalue weighted by atomic mass is 32.2. The van der Waals surface area contributed by atoms with Gasteiger partial charge in [0.25, 0.3) is 5.69 Å². The highest BCUT2D eigenvalue weighted by Gasteiger charge is 2.26. The summed E-state index contributed by atoms with van der Waals surface area (Å²) in [7, 11) is -1.30. The van der Waals surface area contributed by atoms with Gasteiger partial charge in [-0.3, -0.25) is 15.0 Å². The van der Waals surface area contributed by atoms with Gasteiger partial charge in [0, 0.05) is 30.5 Å². The van der Waals surface area contributed by atoms with Gasteiger partial charge in [0.1, 0.15) is 0 Å². The lowest BCUT2D eigenvalue weighted by atomic mass is 10.1. The van der Waals surface area contributed by atoms with Crippen LogP contribution in [0.1, 0.15) is 25.0 Å². The molecule has 118 valence electrons. The van der Waals surface area contributed by atoms with Crippen molar-refractivity contribution >= 4 is 15.5 Å². The number of hydrogen-bond donors (Lipinski definition) is 0. The standard InChI is InChI=1S/C14H22N2O4S/c1-10-13(7-6-8-14(10)16(17)18)9-15(4)11(2)12(3)21(5,19)20/h6-8,11-12H,9H2,1-5H3/t11-,12+/m0/s1. The fourth-order valence-electron chi connectivity index (χ4n) is 2.17.